The highest BCUT2D eigenvalue weighted by Crippen LogP contribution is 2.32. The molecule has 3 rings (SSSR count). The summed E-state index contributed by atoms with van der Waals surface area (Å²) in [4.78, 5) is 23.0. The Hall–Kier alpha value is -3.55. The molecule has 26 heavy (non-hydrogen) atoms. The minimum atomic E-state index is -0.973. The third kappa shape index (κ3) is 3.92. The maximum Gasteiger partial charge on any atom is 0.303 e. The Bertz CT molecular complexity index is 860. The van der Waals surface area contributed by atoms with Crippen LogP contribution in [0.2, 0.25) is 0 Å². The van der Waals surface area contributed by atoms with Crippen molar-refractivity contribution in [3.63, 3.8) is 0 Å². The maximum absolute atomic E-state index is 12.3. The first-order valence-electron chi connectivity index (χ1n) is 7.81. The number of benzene rings is 2. The first-order valence-corrected chi connectivity index (χ1v) is 7.81. The zero-order valence-electron chi connectivity index (χ0n) is 13.6. The molecule has 1 heterocycles. The van der Waals surface area contributed by atoms with E-state index in [-0.39, 0.29) is 31.3 Å². The standard InChI is InChI=1S/C18H16N2O6/c21-17(22)8-6-14(20-24)11-1-4-13(5-2-11)19-18(23)12-3-7-15-16(9-12)26-10-25-15/h1-5,7,9,24H,6,8,10H2,(H,19,23)(H,21,22)/b20-14+. The fraction of sp³-hybridized carbons (Fsp3) is 0.167. The molecule has 2 aromatic rings. The number of rotatable bonds is 6. The van der Waals surface area contributed by atoms with Gasteiger partial charge < -0.3 is 25.1 Å². The van der Waals surface area contributed by atoms with Crippen molar-refractivity contribution in [1.82, 2.24) is 0 Å². The van der Waals surface area contributed by atoms with Crippen molar-refractivity contribution in [2.24, 2.45) is 5.16 Å². The number of aliphatic carboxylic acids is 1. The number of nitrogens with zero attached hydrogens (tertiary/aromatic N) is 1. The van der Waals surface area contributed by atoms with Crippen LogP contribution in [0.4, 0.5) is 5.69 Å². The SMILES string of the molecule is O=C(O)CC/C(=N\O)c1ccc(NC(=O)c2ccc3c(c2)OCO3)cc1. The third-order valence-electron chi connectivity index (χ3n) is 3.81. The summed E-state index contributed by atoms with van der Waals surface area (Å²) in [6.45, 7) is 0.137. The number of nitrogens with one attached hydrogen (secondary N) is 1. The van der Waals surface area contributed by atoms with E-state index < -0.39 is 5.97 Å². The number of hydrogen-bond acceptors (Lipinski definition) is 6. The van der Waals surface area contributed by atoms with Gasteiger partial charge in [0.05, 0.1) is 12.1 Å². The van der Waals surface area contributed by atoms with Gasteiger partial charge in [0.25, 0.3) is 5.91 Å². The first-order chi connectivity index (χ1) is 12.6. The summed E-state index contributed by atoms with van der Waals surface area (Å²) in [5.74, 6) is -0.157. The van der Waals surface area contributed by atoms with Crippen molar-refractivity contribution in [2.75, 3.05) is 12.1 Å². The van der Waals surface area contributed by atoms with Gasteiger partial charge in [-0.1, -0.05) is 17.3 Å². The smallest absolute Gasteiger partial charge is 0.303 e. The van der Waals surface area contributed by atoms with E-state index in [0.717, 1.165) is 0 Å². The number of anilines is 1. The molecule has 0 spiro atoms. The molecule has 0 atom stereocenters. The van der Waals surface area contributed by atoms with Crippen molar-refractivity contribution >= 4 is 23.3 Å². The molecule has 134 valence electrons. The van der Waals surface area contributed by atoms with Crippen molar-refractivity contribution in [3.8, 4) is 11.5 Å². The van der Waals surface area contributed by atoms with Crippen LogP contribution < -0.4 is 14.8 Å². The molecule has 0 aliphatic carbocycles. The fourth-order valence-corrected chi connectivity index (χ4v) is 2.46. The topological polar surface area (TPSA) is 117 Å². The minimum Gasteiger partial charge on any atom is -0.481 e. The van der Waals surface area contributed by atoms with E-state index in [1.54, 1.807) is 42.5 Å². The van der Waals surface area contributed by atoms with E-state index in [1.165, 1.54) is 0 Å². The highest BCUT2D eigenvalue weighted by atomic mass is 16.7. The Kier molecular flexibility index (Phi) is 5.02. The van der Waals surface area contributed by atoms with E-state index >= 15 is 0 Å². The van der Waals surface area contributed by atoms with Crippen molar-refractivity contribution < 1.29 is 29.4 Å². The van der Waals surface area contributed by atoms with Gasteiger partial charge >= 0.3 is 5.97 Å². The lowest BCUT2D eigenvalue weighted by molar-refractivity contribution is -0.136. The van der Waals surface area contributed by atoms with Gasteiger partial charge in [-0.05, 0) is 35.9 Å². The lowest BCUT2D eigenvalue weighted by atomic mass is 10.1. The molecule has 0 bridgehead atoms. The highest BCUT2D eigenvalue weighted by Gasteiger charge is 2.16. The fourth-order valence-electron chi connectivity index (χ4n) is 2.46. The summed E-state index contributed by atoms with van der Waals surface area (Å²) in [5, 5.41) is 23.6. The first kappa shape index (κ1) is 17.3. The Labute approximate surface area is 148 Å². The quantitative estimate of drug-likeness (QED) is 0.416. The zero-order valence-corrected chi connectivity index (χ0v) is 13.6. The second-order valence-electron chi connectivity index (χ2n) is 5.54. The largest absolute Gasteiger partial charge is 0.481 e. The van der Waals surface area contributed by atoms with Crippen LogP contribution in [0, 0.1) is 0 Å². The molecule has 0 unspecified atom stereocenters. The van der Waals surface area contributed by atoms with Gasteiger partial charge in [0.15, 0.2) is 11.5 Å². The van der Waals surface area contributed by atoms with Crippen molar-refractivity contribution in [3.05, 3.63) is 53.6 Å². The average molecular weight is 356 g/mol. The van der Waals surface area contributed by atoms with Crippen LogP contribution in [0.25, 0.3) is 0 Å². The lowest BCUT2D eigenvalue weighted by Crippen LogP contribution is -2.12. The predicted molar refractivity (Wildman–Crippen MR) is 92.2 cm³/mol. The number of fused-ring (bicyclic) bond motifs is 1. The number of carboxylic acids is 1. The monoisotopic (exact) mass is 356 g/mol. The number of hydrogen-bond donors (Lipinski definition) is 3. The summed E-state index contributed by atoms with van der Waals surface area (Å²) < 4.78 is 10.5. The Balaban J connectivity index is 1.67. The molecule has 1 amide bonds. The lowest BCUT2D eigenvalue weighted by Gasteiger charge is -2.08. The van der Waals surface area contributed by atoms with Crippen LogP contribution in [0.5, 0.6) is 11.5 Å². The van der Waals surface area contributed by atoms with E-state index in [9.17, 15) is 9.59 Å². The summed E-state index contributed by atoms with van der Waals surface area (Å²) in [6.07, 6.45) is -0.0310. The molecule has 2 aromatic carbocycles. The molecule has 1 aliphatic rings. The molecule has 0 saturated heterocycles. The molecule has 0 saturated carbocycles. The predicted octanol–water partition coefficient (Wildman–Crippen LogP) is 2.71. The van der Waals surface area contributed by atoms with E-state index in [4.69, 9.17) is 19.8 Å². The second-order valence-corrected chi connectivity index (χ2v) is 5.54. The number of carboxylic acid groups (broad SMARTS) is 1. The van der Waals surface area contributed by atoms with Crippen LogP contribution in [0.15, 0.2) is 47.6 Å². The van der Waals surface area contributed by atoms with Crippen LogP contribution in [0.3, 0.4) is 0 Å². The van der Waals surface area contributed by atoms with Crippen LogP contribution in [0.1, 0.15) is 28.8 Å². The summed E-state index contributed by atoms with van der Waals surface area (Å²) in [5.41, 5.74) is 1.82. The number of amides is 1. The molecular formula is C18H16N2O6. The van der Waals surface area contributed by atoms with Gasteiger partial charge in [0.1, 0.15) is 0 Å². The molecule has 0 fully saturated rings. The Morgan fingerprint density at radius 1 is 1.00 bits per heavy atom. The Morgan fingerprint density at radius 2 is 1.69 bits per heavy atom. The molecule has 3 N–H and O–H groups in total. The second kappa shape index (κ2) is 7.56. The van der Waals surface area contributed by atoms with E-state index in [2.05, 4.69) is 10.5 Å². The van der Waals surface area contributed by atoms with Crippen molar-refractivity contribution in [2.45, 2.75) is 12.8 Å². The van der Waals surface area contributed by atoms with E-state index in [0.29, 0.717) is 28.3 Å². The maximum atomic E-state index is 12.3. The van der Waals surface area contributed by atoms with Gasteiger partial charge in [-0.2, -0.15) is 0 Å². The number of carbonyl (C=O) groups excluding carboxylic acids is 1. The van der Waals surface area contributed by atoms with Crippen LogP contribution in [-0.4, -0.2) is 34.7 Å². The number of carbonyl (C=O) groups is 2. The van der Waals surface area contributed by atoms with Gasteiger partial charge in [-0.3, -0.25) is 9.59 Å². The van der Waals surface area contributed by atoms with E-state index in [1.807, 2.05) is 0 Å². The molecule has 1 aliphatic heterocycles. The van der Waals surface area contributed by atoms with Gasteiger partial charge in [-0.15, -0.1) is 0 Å². The van der Waals surface area contributed by atoms with Crippen LogP contribution >= 0.6 is 0 Å². The molecule has 0 aromatic heterocycles. The molecule has 8 heteroatoms. The zero-order chi connectivity index (χ0) is 18.5. The molecule has 8 nitrogen and oxygen atoms in total. The van der Waals surface area contributed by atoms with Crippen molar-refractivity contribution in [1.29, 1.82) is 0 Å². The number of oxime groups is 1. The molecule has 0 radical (unpaired) electrons. The van der Waals surface area contributed by atoms with Crippen LogP contribution in [-0.2, 0) is 4.79 Å². The summed E-state index contributed by atoms with van der Waals surface area (Å²) >= 11 is 0. The molecular weight excluding hydrogens is 340 g/mol. The normalized spacial score (nSPS) is 12.7. The Morgan fingerprint density at radius 3 is 2.38 bits per heavy atom. The third-order valence-corrected chi connectivity index (χ3v) is 3.81. The van der Waals surface area contributed by atoms with Gasteiger partial charge in [0, 0.05) is 17.7 Å². The highest BCUT2D eigenvalue weighted by molar-refractivity contribution is 6.05. The summed E-state index contributed by atoms with van der Waals surface area (Å²) in [7, 11) is 0. The summed E-state index contributed by atoms with van der Waals surface area (Å²) in [6, 6.07) is 11.5. The van der Waals surface area contributed by atoms with Gasteiger partial charge in [-0.25, -0.2) is 0 Å². The average Bonchev–Trinajstić information content (AvgIpc) is 3.11. The number of ether oxygens (including phenoxy) is 2. The van der Waals surface area contributed by atoms with Gasteiger partial charge in [0.2, 0.25) is 6.79 Å². The minimum absolute atomic E-state index is 0.106.